The highest BCUT2D eigenvalue weighted by Crippen LogP contribution is 2.30. The van der Waals surface area contributed by atoms with Crippen LogP contribution in [0.2, 0.25) is 0 Å². The summed E-state index contributed by atoms with van der Waals surface area (Å²) in [4.78, 5) is 36.0. The normalized spacial score (nSPS) is 15.6. The number of rotatable bonds is 7. The molecule has 2 aromatic rings. The minimum Gasteiger partial charge on any atom is -0.479 e. The van der Waals surface area contributed by atoms with Crippen molar-refractivity contribution >= 4 is 23.3 Å². The van der Waals surface area contributed by atoms with E-state index in [0.717, 1.165) is 11.3 Å². The minimum atomic E-state index is -1.02. The Morgan fingerprint density at radius 1 is 1.18 bits per heavy atom. The van der Waals surface area contributed by atoms with Crippen molar-refractivity contribution in [2.75, 3.05) is 18.4 Å². The molecule has 0 bridgehead atoms. The highest BCUT2D eigenvalue weighted by Gasteiger charge is 2.35. The van der Waals surface area contributed by atoms with E-state index < -0.39 is 16.9 Å². The van der Waals surface area contributed by atoms with Gasteiger partial charge in [-0.2, -0.15) is 0 Å². The first-order valence-corrected chi connectivity index (χ1v) is 9.06. The summed E-state index contributed by atoms with van der Waals surface area (Å²) in [7, 11) is 0. The molecule has 1 atom stereocenters. The molecule has 146 valence electrons. The largest absolute Gasteiger partial charge is 0.479 e. The molecule has 3 rings (SSSR count). The lowest BCUT2D eigenvalue weighted by Gasteiger charge is -2.34. The zero-order valence-corrected chi connectivity index (χ0v) is 15.2. The number of carbonyl (C=O) groups is 2. The third kappa shape index (κ3) is 4.28. The monoisotopic (exact) mass is 383 g/mol. The van der Waals surface area contributed by atoms with E-state index in [4.69, 9.17) is 0 Å². The maximum atomic E-state index is 12.6. The van der Waals surface area contributed by atoms with E-state index in [1.165, 1.54) is 17.0 Å². The highest BCUT2D eigenvalue weighted by atomic mass is 16.6. The fraction of sp³-hybridized carbons (Fsp3) is 0.300. The van der Waals surface area contributed by atoms with Crippen molar-refractivity contribution in [3.05, 3.63) is 69.8 Å². The van der Waals surface area contributed by atoms with Crippen molar-refractivity contribution in [3.63, 3.8) is 0 Å². The Hall–Kier alpha value is -3.42. The second kappa shape index (κ2) is 8.51. The summed E-state index contributed by atoms with van der Waals surface area (Å²) in [6.45, 7) is 0.897. The summed E-state index contributed by atoms with van der Waals surface area (Å²) in [5.74, 6) is -1.21. The summed E-state index contributed by atoms with van der Waals surface area (Å²) in [5, 5.41) is 23.4. The number of carboxylic acid groups (broad SMARTS) is 1. The van der Waals surface area contributed by atoms with Crippen molar-refractivity contribution in [1.82, 2.24) is 4.90 Å². The van der Waals surface area contributed by atoms with E-state index in [-0.39, 0.29) is 18.0 Å². The number of fused-ring (bicyclic) bond motifs is 1. The van der Waals surface area contributed by atoms with Gasteiger partial charge in [0, 0.05) is 37.3 Å². The van der Waals surface area contributed by atoms with E-state index in [9.17, 15) is 24.8 Å². The molecule has 0 radical (unpaired) electrons. The van der Waals surface area contributed by atoms with Gasteiger partial charge in [-0.25, -0.2) is 4.79 Å². The van der Waals surface area contributed by atoms with Gasteiger partial charge in [0.1, 0.15) is 0 Å². The lowest BCUT2D eigenvalue weighted by atomic mass is 9.92. The Bertz CT molecular complexity index is 882. The molecular weight excluding hydrogens is 362 g/mol. The van der Waals surface area contributed by atoms with Crippen molar-refractivity contribution < 1.29 is 19.6 Å². The van der Waals surface area contributed by atoms with E-state index >= 15 is 0 Å². The van der Waals surface area contributed by atoms with Crippen LogP contribution in [0.5, 0.6) is 0 Å². The summed E-state index contributed by atoms with van der Waals surface area (Å²) in [6, 6.07) is 12.4. The third-order valence-electron chi connectivity index (χ3n) is 4.81. The van der Waals surface area contributed by atoms with Crippen LogP contribution in [0.4, 0.5) is 11.4 Å². The second-order valence-corrected chi connectivity index (χ2v) is 6.61. The number of aliphatic carboxylic acids is 1. The van der Waals surface area contributed by atoms with Gasteiger partial charge in [-0.05, 0) is 36.1 Å². The summed E-state index contributed by atoms with van der Waals surface area (Å²) < 4.78 is 0. The van der Waals surface area contributed by atoms with Gasteiger partial charge < -0.3 is 15.3 Å². The van der Waals surface area contributed by atoms with Crippen LogP contribution < -0.4 is 5.32 Å². The van der Waals surface area contributed by atoms with Crippen LogP contribution in [0, 0.1) is 10.1 Å². The summed E-state index contributed by atoms with van der Waals surface area (Å²) >= 11 is 0. The number of hydrogen-bond donors (Lipinski definition) is 2. The SMILES string of the molecule is O=C(O)C1c2ccccc2CCN1C(=O)CCCNc1ccc([N+](=O)[O-])cc1. The molecule has 1 aliphatic rings. The third-order valence-corrected chi connectivity index (χ3v) is 4.81. The lowest BCUT2D eigenvalue weighted by molar-refractivity contribution is -0.384. The summed E-state index contributed by atoms with van der Waals surface area (Å²) in [6.07, 6.45) is 1.40. The average molecular weight is 383 g/mol. The molecule has 0 fully saturated rings. The first-order chi connectivity index (χ1) is 13.5. The van der Waals surface area contributed by atoms with Crippen molar-refractivity contribution in [2.45, 2.75) is 25.3 Å². The molecule has 8 nitrogen and oxygen atoms in total. The van der Waals surface area contributed by atoms with Gasteiger partial charge in [0.05, 0.1) is 4.92 Å². The number of hydrogen-bond acceptors (Lipinski definition) is 5. The number of carbonyl (C=O) groups excluding carboxylic acids is 1. The van der Waals surface area contributed by atoms with Crippen LogP contribution in [0.15, 0.2) is 48.5 Å². The topological polar surface area (TPSA) is 113 Å². The van der Waals surface area contributed by atoms with Crippen LogP contribution in [-0.2, 0) is 16.0 Å². The fourth-order valence-electron chi connectivity index (χ4n) is 3.42. The molecular formula is C20H21N3O5. The van der Waals surface area contributed by atoms with Gasteiger partial charge >= 0.3 is 5.97 Å². The molecule has 0 spiro atoms. The smallest absolute Gasteiger partial charge is 0.331 e. The zero-order chi connectivity index (χ0) is 20.1. The Kier molecular flexibility index (Phi) is 5.88. The Morgan fingerprint density at radius 2 is 1.89 bits per heavy atom. The van der Waals surface area contributed by atoms with Crippen molar-refractivity contribution in [3.8, 4) is 0 Å². The van der Waals surface area contributed by atoms with Gasteiger partial charge in [0.15, 0.2) is 6.04 Å². The molecule has 1 unspecified atom stereocenters. The van der Waals surface area contributed by atoms with E-state index in [1.807, 2.05) is 12.1 Å². The molecule has 2 aromatic carbocycles. The number of nitrogens with one attached hydrogen (secondary N) is 1. The predicted molar refractivity (Wildman–Crippen MR) is 103 cm³/mol. The highest BCUT2D eigenvalue weighted by molar-refractivity contribution is 5.85. The van der Waals surface area contributed by atoms with Crippen LogP contribution in [-0.4, -0.2) is 39.9 Å². The molecule has 0 aromatic heterocycles. The van der Waals surface area contributed by atoms with Crippen LogP contribution in [0.25, 0.3) is 0 Å². The quantitative estimate of drug-likeness (QED) is 0.432. The van der Waals surface area contributed by atoms with Gasteiger partial charge in [-0.15, -0.1) is 0 Å². The second-order valence-electron chi connectivity index (χ2n) is 6.61. The molecule has 8 heteroatoms. The van der Waals surface area contributed by atoms with Gasteiger partial charge in [-0.3, -0.25) is 14.9 Å². The fourth-order valence-corrected chi connectivity index (χ4v) is 3.42. The van der Waals surface area contributed by atoms with E-state index in [2.05, 4.69) is 5.32 Å². The zero-order valence-electron chi connectivity index (χ0n) is 15.2. The van der Waals surface area contributed by atoms with Crippen molar-refractivity contribution in [2.24, 2.45) is 0 Å². The average Bonchev–Trinajstić information content (AvgIpc) is 2.70. The van der Waals surface area contributed by atoms with Crippen LogP contribution in [0.3, 0.4) is 0 Å². The minimum absolute atomic E-state index is 0.0193. The van der Waals surface area contributed by atoms with Gasteiger partial charge in [0.25, 0.3) is 5.69 Å². The number of benzene rings is 2. The van der Waals surface area contributed by atoms with Crippen LogP contribution in [0.1, 0.15) is 30.0 Å². The maximum Gasteiger partial charge on any atom is 0.331 e. The van der Waals surface area contributed by atoms with Gasteiger partial charge in [0.2, 0.25) is 5.91 Å². The number of amides is 1. The number of non-ortho nitro benzene ring substituents is 1. The number of nitrogens with zero attached hydrogens (tertiary/aromatic N) is 2. The first-order valence-electron chi connectivity index (χ1n) is 9.06. The molecule has 0 saturated heterocycles. The molecule has 2 N–H and O–H groups in total. The molecule has 1 heterocycles. The number of anilines is 1. The molecule has 1 aliphatic heterocycles. The predicted octanol–water partition coefficient (Wildman–Crippen LogP) is 3.00. The van der Waals surface area contributed by atoms with Crippen LogP contribution >= 0.6 is 0 Å². The number of nitro groups is 1. The van der Waals surface area contributed by atoms with Gasteiger partial charge in [-0.1, -0.05) is 24.3 Å². The van der Waals surface area contributed by atoms with Crippen molar-refractivity contribution in [1.29, 1.82) is 0 Å². The van der Waals surface area contributed by atoms with E-state index in [0.29, 0.717) is 31.5 Å². The standard InChI is InChI=1S/C20H21N3O5/c24-18(6-3-12-21-15-7-9-16(10-8-15)23(27)28)22-13-11-14-4-1-2-5-17(14)19(22)20(25)26/h1-2,4-5,7-10,19,21H,3,6,11-13H2,(H,25,26). The Balaban J connectivity index is 1.54. The number of nitro benzene ring substituents is 1. The molecule has 0 saturated carbocycles. The molecule has 0 aliphatic carbocycles. The maximum absolute atomic E-state index is 12.6. The molecule has 1 amide bonds. The lowest BCUT2D eigenvalue weighted by Crippen LogP contribution is -2.43. The Labute approximate surface area is 161 Å². The van der Waals surface area contributed by atoms with E-state index in [1.54, 1.807) is 24.3 Å². The Morgan fingerprint density at radius 3 is 2.57 bits per heavy atom. The first kappa shape index (κ1) is 19.3. The number of carboxylic acids is 1. The summed E-state index contributed by atoms with van der Waals surface area (Å²) in [5.41, 5.74) is 2.40. The molecule has 28 heavy (non-hydrogen) atoms.